The van der Waals surface area contributed by atoms with Crippen molar-refractivity contribution >= 4 is 11.6 Å². The van der Waals surface area contributed by atoms with Gasteiger partial charge >= 0.3 is 0 Å². The molecular formula is C8H10ClNO. The zero-order valence-corrected chi connectivity index (χ0v) is 7.26. The zero-order chi connectivity index (χ0) is 8.43. The summed E-state index contributed by atoms with van der Waals surface area (Å²) in [5.74, 6) is 0. The Morgan fingerprint density at radius 1 is 1.64 bits per heavy atom. The number of pyridine rings is 1. The van der Waals surface area contributed by atoms with Gasteiger partial charge in [0.05, 0.1) is 11.1 Å². The van der Waals surface area contributed by atoms with Crippen LogP contribution in [0.5, 0.6) is 0 Å². The van der Waals surface area contributed by atoms with Crippen LogP contribution >= 0.6 is 11.6 Å². The van der Waals surface area contributed by atoms with Crippen molar-refractivity contribution in [2.24, 2.45) is 0 Å². The number of halogens is 1. The van der Waals surface area contributed by atoms with Gasteiger partial charge in [0.25, 0.3) is 0 Å². The first-order valence-electron chi connectivity index (χ1n) is 3.41. The van der Waals surface area contributed by atoms with E-state index in [1.807, 2.05) is 6.92 Å². The molecule has 0 aliphatic rings. The van der Waals surface area contributed by atoms with E-state index in [2.05, 4.69) is 4.98 Å². The van der Waals surface area contributed by atoms with Gasteiger partial charge in [-0.05, 0) is 19.9 Å². The average molecular weight is 172 g/mol. The minimum absolute atomic E-state index is 0.499. The number of aliphatic hydroxyl groups is 1. The molecule has 0 saturated heterocycles. The SMILES string of the molecule is Cc1ncc(Cl)cc1[C@@H](C)O. The Balaban J connectivity index is 3.13. The summed E-state index contributed by atoms with van der Waals surface area (Å²) in [5, 5.41) is 9.79. The molecule has 11 heavy (non-hydrogen) atoms. The second kappa shape index (κ2) is 3.20. The van der Waals surface area contributed by atoms with Crippen molar-refractivity contribution in [3.05, 3.63) is 28.5 Å². The molecule has 0 spiro atoms. The largest absolute Gasteiger partial charge is 0.389 e. The number of rotatable bonds is 1. The molecule has 1 aromatic heterocycles. The number of aromatic nitrogens is 1. The van der Waals surface area contributed by atoms with Crippen LogP contribution in [0.25, 0.3) is 0 Å². The summed E-state index contributed by atoms with van der Waals surface area (Å²) in [6.45, 7) is 3.54. The molecule has 2 nitrogen and oxygen atoms in total. The molecule has 3 heteroatoms. The van der Waals surface area contributed by atoms with Gasteiger partial charge in [0.2, 0.25) is 0 Å². The van der Waals surface area contributed by atoms with Gasteiger partial charge in [-0.2, -0.15) is 0 Å². The van der Waals surface area contributed by atoms with Crippen molar-refractivity contribution in [3.63, 3.8) is 0 Å². The van der Waals surface area contributed by atoms with Crippen LogP contribution in [0.15, 0.2) is 12.3 Å². The van der Waals surface area contributed by atoms with Crippen molar-refractivity contribution in [2.75, 3.05) is 0 Å². The van der Waals surface area contributed by atoms with E-state index in [1.165, 1.54) is 0 Å². The Morgan fingerprint density at radius 2 is 2.27 bits per heavy atom. The molecule has 0 saturated carbocycles. The van der Waals surface area contributed by atoms with Crippen LogP contribution in [0.4, 0.5) is 0 Å². The first-order chi connectivity index (χ1) is 5.11. The zero-order valence-electron chi connectivity index (χ0n) is 6.50. The van der Waals surface area contributed by atoms with Crippen LogP contribution in [-0.4, -0.2) is 10.1 Å². The Hall–Kier alpha value is -0.600. The monoisotopic (exact) mass is 171 g/mol. The predicted octanol–water partition coefficient (Wildman–Crippen LogP) is 2.10. The highest BCUT2D eigenvalue weighted by atomic mass is 35.5. The van der Waals surface area contributed by atoms with Crippen molar-refractivity contribution < 1.29 is 5.11 Å². The van der Waals surface area contributed by atoms with Gasteiger partial charge < -0.3 is 5.11 Å². The third-order valence-corrected chi connectivity index (χ3v) is 1.75. The third-order valence-electron chi connectivity index (χ3n) is 1.54. The summed E-state index contributed by atoms with van der Waals surface area (Å²) < 4.78 is 0. The molecule has 0 amide bonds. The Morgan fingerprint density at radius 3 is 2.73 bits per heavy atom. The molecule has 0 fully saturated rings. The lowest BCUT2D eigenvalue weighted by molar-refractivity contribution is 0.198. The van der Waals surface area contributed by atoms with Crippen molar-refractivity contribution in [2.45, 2.75) is 20.0 Å². The van der Waals surface area contributed by atoms with Crippen LogP contribution in [-0.2, 0) is 0 Å². The van der Waals surface area contributed by atoms with Gasteiger partial charge in [-0.1, -0.05) is 11.6 Å². The first-order valence-corrected chi connectivity index (χ1v) is 3.79. The highest BCUT2D eigenvalue weighted by Crippen LogP contribution is 2.18. The van der Waals surface area contributed by atoms with Gasteiger partial charge in [0.1, 0.15) is 0 Å². The van der Waals surface area contributed by atoms with E-state index in [0.717, 1.165) is 11.3 Å². The summed E-state index contributed by atoms with van der Waals surface area (Å²) >= 11 is 5.69. The van der Waals surface area contributed by atoms with E-state index < -0.39 is 6.10 Å². The third kappa shape index (κ3) is 1.91. The minimum Gasteiger partial charge on any atom is -0.389 e. The molecule has 0 aliphatic carbocycles. The lowest BCUT2D eigenvalue weighted by atomic mass is 10.1. The Labute approximate surface area is 70.8 Å². The average Bonchev–Trinajstić information content (AvgIpc) is 1.94. The van der Waals surface area contributed by atoms with Gasteiger partial charge in [0.15, 0.2) is 0 Å². The maximum Gasteiger partial charge on any atom is 0.0779 e. The summed E-state index contributed by atoms with van der Waals surface area (Å²) in [7, 11) is 0. The first kappa shape index (κ1) is 8.50. The summed E-state index contributed by atoms with van der Waals surface area (Å²) in [6, 6.07) is 1.73. The molecule has 1 atom stereocenters. The van der Waals surface area contributed by atoms with E-state index in [9.17, 15) is 5.11 Å². The fraction of sp³-hybridized carbons (Fsp3) is 0.375. The topological polar surface area (TPSA) is 33.1 Å². The number of hydrogen-bond acceptors (Lipinski definition) is 2. The summed E-state index contributed by atoms with van der Waals surface area (Å²) in [6.07, 6.45) is 1.07. The highest BCUT2D eigenvalue weighted by molar-refractivity contribution is 6.30. The molecular weight excluding hydrogens is 162 g/mol. The molecule has 0 bridgehead atoms. The molecule has 0 unspecified atom stereocenters. The number of aliphatic hydroxyl groups excluding tert-OH is 1. The molecule has 60 valence electrons. The molecule has 1 rings (SSSR count). The van der Waals surface area contributed by atoms with Gasteiger partial charge in [-0.15, -0.1) is 0 Å². The maximum atomic E-state index is 9.23. The summed E-state index contributed by atoms with van der Waals surface area (Å²) in [4.78, 5) is 4.01. The van der Waals surface area contributed by atoms with Crippen LogP contribution in [0.3, 0.4) is 0 Å². The predicted molar refractivity (Wildman–Crippen MR) is 44.6 cm³/mol. The fourth-order valence-electron chi connectivity index (χ4n) is 0.946. The number of nitrogens with zero attached hydrogens (tertiary/aromatic N) is 1. The van der Waals surface area contributed by atoms with Crippen LogP contribution < -0.4 is 0 Å². The second-order valence-electron chi connectivity index (χ2n) is 2.50. The molecule has 0 radical (unpaired) electrons. The lowest BCUT2D eigenvalue weighted by Crippen LogP contribution is -1.96. The molecule has 1 heterocycles. The molecule has 1 aromatic rings. The molecule has 0 aliphatic heterocycles. The van der Waals surface area contributed by atoms with E-state index in [-0.39, 0.29) is 0 Å². The smallest absolute Gasteiger partial charge is 0.0779 e. The van der Waals surface area contributed by atoms with Crippen molar-refractivity contribution in [1.29, 1.82) is 0 Å². The maximum absolute atomic E-state index is 9.23. The van der Waals surface area contributed by atoms with Crippen molar-refractivity contribution in [1.82, 2.24) is 4.98 Å². The standard InChI is InChI=1S/C8H10ClNO/c1-5-8(6(2)11)3-7(9)4-10-5/h3-4,6,11H,1-2H3/t6-/m1/s1. The normalized spacial score (nSPS) is 13.1. The van der Waals surface area contributed by atoms with Crippen LogP contribution in [0.2, 0.25) is 5.02 Å². The Kier molecular flexibility index (Phi) is 2.47. The quantitative estimate of drug-likeness (QED) is 0.702. The van der Waals surface area contributed by atoms with E-state index in [1.54, 1.807) is 19.2 Å². The van der Waals surface area contributed by atoms with Crippen molar-refractivity contribution in [3.8, 4) is 0 Å². The highest BCUT2D eigenvalue weighted by Gasteiger charge is 2.05. The van der Waals surface area contributed by atoms with E-state index >= 15 is 0 Å². The lowest BCUT2D eigenvalue weighted by Gasteiger charge is -2.07. The van der Waals surface area contributed by atoms with Crippen LogP contribution in [0.1, 0.15) is 24.3 Å². The minimum atomic E-state index is -0.499. The number of hydrogen-bond donors (Lipinski definition) is 1. The summed E-state index contributed by atoms with van der Waals surface area (Å²) in [5.41, 5.74) is 1.61. The molecule has 0 aromatic carbocycles. The number of aryl methyl sites for hydroxylation is 1. The molecule has 1 N–H and O–H groups in total. The van der Waals surface area contributed by atoms with Gasteiger partial charge in [0, 0.05) is 17.5 Å². The van der Waals surface area contributed by atoms with E-state index in [4.69, 9.17) is 11.6 Å². The van der Waals surface area contributed by atoms with Gasteiger partial charge in [-0.25, -0.2) is 0 Å². The second-order valence-corrected chi connectivity index (χ2v) is 2.94. The fourth-order valence-corrected chi connectivity index (χ4v) is 1.11. The Bertz CT molecular complexity index is 260. The van der Waals surface area contributed by atoms with Gasteiger partial charge in [-0.3, -0.25) is 4.98 Å². The van der Waals surface area contributed by atoms with E-state index in [0.29, 0.717) is 5.02 Å². The van der Waals surface area contributed by atoms with Crippen LogP contribution in [0, 0.1) is 6.92 Å².